The molecule has 0 saturated carbocycles. The number of esters is 1. The standard InChI is InChI=1S/C8H12O2.C7H13NO2.C7H11NO2.C7H13NO/c1-8(2,3)6-4-5-10-7(6)9;1-7(2,3)8-4-5-10-6(8)9;1-7(2,3)5-4-8-10-6(5)9;1-7(2,3)6-4-5-9-8-6/h4H,5H2,1-3H3;4-5H2,1-3H3;4,8H,1-3H3;4-5H2,1-3H3/i2*5D;;5D/hD. The molecule has 1 fully saturated rings. The Morgan fingerprint density at radius 3 is 1.72 bits per heavy atom. The number of amides is 1. The van der Waals surface area contributed by atoms with Gasteiger partial charge in [-0.1, -0.05) is 67.5 Å². The highest BCUT2D eigenvalue weighted by atomic mass is 16.6. The van der Waals surface area contributed by atoms with Crippen LogP contribution in [0.25, 0.3) is 0 Å². The van der Waals surface area contributed by atoms with E-state index in [1.54, 1.807) is 11.0 Å². The number of hydrogen-bond donors (Lipinski definition) is 1. The minimum absolute atomic E-state index is 0.0653. The van der Waals surface area contributed by atoms with Crippen molar-refractivity contribution in [2.45, 2.75) is 100 Å². The second kappa shape index (κ2) is 13.3. The van der Waals surface area contributed by atoms with Crippen molar-refractivity contribution in [3.05, 3.63) is 33.8 Å². The first-order valence-corrected chi connectivity index (χ1v) is 12.9. The van der Waals surface area contributed by atoms with Crippen LogP contribution in [-0.2, 0) is 24.5 Å². The first-order chi connectivity index (χ1) is 19.2. The predicted molar refractivity (Wildman–Crippen MR) is 152 cm³/mol. The van der Waals surface area contributed by atoms with Gasteiger partial charge in [0.1, 0.15) is 19.7 Å². The van der Waals surface area contributed by atoms with Gasteiger partial charge in [0.05, 0.1) is 21.9 Å². The minimum atomic E-state index is -0.795. The molecule has 1 aromatic heterocycles. The Balaban J connectivity index is 0.000000287. The molecule has 1 amide bonds. The molecular weight excluding hydrogens is 502 g/mol. The monoisotopic (exact) mass is 555 g/mol. The summed E-state index contributed by atoms with van der Waals surface area (Å²) in [5.41, 5.74) is 1.10. The van der Waals surface area contributed by atoms with Crippen molar-refractivity contribution < 1.29 is 33.9 Å². The van der Waals surface area contributed by atoms with Crippen molar-refractivity contribution in [3.63, 3.8) is 0 Å². The van der Waals surface area contributed by atoms with Crippen LogP contribution in [0.2, 0.25) is 1.41 Å². The maximum Gasteiger partial charge on any atom is 0.410 e. The lowest BCUT2D eigenvalue weighted by Gasteiger charge is -2.28. The number of hydrogen-bond acceptors (Lipinski definition) is 8. The lowest BCUT2D eigenvalue weighted by molar-refractivity contribution is -0.136. The first-order valence-electron chi connectivity index (χ1n) is 15.1. The summed E-state index contributed by atoms with van der Waals surface area (Å²) in [6.07, 6.45) is 3.23. The van der Waals surface area contributed by atoms with Crippen molar-refractivity contribution in [2.24, 2.45) is 16.0 Å². The largest absolute Gasteiger partial charge is 0.458 e. The van der Waals surface area contributed by atoms with E-state index in [-0.39, 0.29) is 33.8 Å². The third-order valence-corrected chi connectivity index (χ3v) is 5.63. The molecular formula is C29H49N3O7. The number of aromatic amines is 1. The van der Waals surface area contributed by atoms with E-state index in [4.69, 9.17) is 10.4 Å². The smallest absolute Gasteiger partial charge is 0.410 e. The Hall–Kier alpha value is -3.04. The van der Waals surface area contributed by atoms with E-state index in [1.807, 2.05) is 62.3 Å². The molecule has 1 saturated heterocycles. The number of nitrogens with zero attached hydrogens (tertiary/aromatic N) is 2. The van der Waals surface area contributed by atoms with Crippen LogP contribution in [-0.4, -0.2) is 59.7 Å². The molecule has 0 aliphatic carbocycles. The van der Waals surface area contributed by atoms with E-state index in [1.165, 1.54) is 6.20 Å². The Kier molecular flexibility index (Phi) is 9.42. The average Bonchev–Trinajstić information content (AvgIpc) is 3.55. The van der Waals surface area contributed by atoms with Crippen molar-refractivity contribution >= 4 is 17.8 Å². The lowest BCUT2D eigenvalue weighted by Crippen LogP contribution is -2.41. The second-order valence-corrected chi connectivity index (χ2v) is 13.2. The molecule has 10 nitrogen and oxygen atoms in total. The molecule has 0 bridgehead atoms. The number of rotatable bonds is 0. The number of aromatic nitrogens is 1. The SMILES string of the molecule is [2H]C1C=C(C(C)(C)C)C(=O)O1.[2H]C1CC(C(C)(C)C)=NO1.[2H]C1CN(C(C)(C)C)C(=O)O1.[2H]n1cc(C(C)(C)C)c(=O)o1. The van der Waals surface area contributed by atoms with Crippen molar-refractivity contribution in [3.8, 4) is 0 Å². The molecule has 222 valence electrons. The maximum atomic E-state index is 11.0. The molecule has 0 radical (unpaired) electrons. The van der Waals surface area contributed by atoms with Gasteiger partial charge in [-0.25, -0.2) is 19.5 Å². The molecule has 4 rings (SSSR count). The van der Waals surface area contributed by atoms with E-state index in [0.717, 1.165) is 5.71 Å². The van der Waals surface area contributed by atoms with Crippen LogP contribution in [0.15, 0.2) is 32.3 Å². The van der Waals surface area contributed by atoms with Crippen molar-refractivity contribution in [1.82, 2.24) is 10.0 Å². The zero-order valence-corrected chi connectivity index (χ0v) is 25.5. The number of carbonyl (C=O) groups excluding carboxylic acids is 2. The summed E-state index contributed by atoms with van der Waals surface area (Å²) in [7, 11) is 0. The van der Waals surface area contributed by atoms with Crippen LogP contribution in [0.3, 0.4) is 0 Å². The maximum absolute atomic E-state index is 11.0. The molecule has 1 N–H and O–H groups in total. The van der Waals surface area contributed by atoms with Gasteiger partial charge < -0.3 is 18.8 Å². The second-order valence-electron chi connectivity index (χ2n) is 13.2. The van der Waals surface area contributed by atoms with Gasteiger partial charge >= 0.3 is 17.7 Å². The minimum Gasteiger partial charge on any atom is -0.458 e. The molecule has 3 aliphatic heterocycles. The molecule has 0 spiro atoms. The molecule has 3 atom stereocenters. The highest BCUT2D eigenvalue weighted by molar-refractivity contribution is 5.91. The van der Waals surface area contributed by atoms with Gasteiger partial charge in [-0.15, -0.1) is 0 Å². The third-order valence-electron chi connectivity index (χ3n) is 5.63. The van der Waals surface area contributed by atoms with E-state index in [2.05, 4.69) is 39.9 Å². The highest BCUT2D eigenvalue weighted by Gasteiger charge is 2.31. The molecule has 3 unspecified atom stereocenters. The number of nitrogens with one attached hydrogen (secondary N) is 1. The van der Waals surface area contributed by atoms with Crippen LogP contribution < -0.4 is 5.63 Å². The molecule has 1 aromatic rings. The van der Waals surface area contributed by atoms with Gasteiger partial charge in [0.15, 0.2) is 0 Å². The van der Waals surface area contributed by atoms with E-state index in [0.29, 0.717) is 29.3 Å². The van der Waals surface area contributed by atoms with Gasteiger partial charge in [0.2, 0.25) is 1.41 Å². The lowest BCUT2D eigenvalue weighted by atomic mass is 9.87. The van der Waals surface area contributed by atoms with Gasteiger partial charge in [-0.2, -0.15) is 0 Å². The molecule has 4 heterocycles. The quantitative estimate of drug-likeness (QED) is 0.400. The summed E-state index contributed by atoms with van der Waals surface area (Å²) in [5.74, 6) is -0.350. The van der Waals surface area contributed by atoms with Crippen LogP contribution in [0.1, 0.15) is 99.2 Å². The fraction of sp³-hybridized carbons (Fsp3) is 0.724. The molecule has 3 aliphatic rings. The first kappa shape index (κ1) is 27.5. The fourth-order valence-corrected chi connectivity index (χ4v) is 3.15. The van der Waals surface area contributed by atoms with E-state index in [9.17, 15) is 14.4 Å². The van der Waals surface area contributed by atoms with Crippen LogP contribution in [0.4, 0.5) is 4.79 Å². The number of H-pyrrole nitrogens is 1. The topological polar surface area (TPSA) is 123 Å². The van der Waals surface area contributed by atoms with Gasteiger partial charge in [-0.05, 0) is 37.7 Å². The third kappa shape index (κ3) is 11.3. The number of ether oxygens (including phenoxy) is 2. The van der Waals surface area contributed by atoms with Crippen LogP contribution in [0.5, 0.6) is 0 Å². The van der Waals surface area contributed by atoms with E-state index >= 15 is 0 Å². The summed E-state index contributed by atoms with van der Waals surface area (Å²) < 4.78 is 42.3. The number of cyclic esters (lactones) is 2. The highest BCUT2D eigenvalue weighted by Crippen LogP contribution is 2.28. The number of carbonyl (C=O) groups is 2. The number of oxime groups is 1. The summed E-state index contributed by atoms with van der Waals surface area (Å²) in [6, 6.07) is 0. The fourth-order valence-electron chi connectivity index (χ4n) is 3.15. The van der Waals surface area contributed by atoms with Crippen molar-refractivity contribution in [1.29, 1.82) is 0 Å². The summed E-state index contributed by atoms with van der Waals surface area (Å²) in [5, 5.41) is 4.50. The summed E-state index contributed by atoms with van der Waals surface area (Å²) in [4.78, 5) is 39.3. The molecule has 10 heteroatoms. The van der Waals surface area contributed by atoms with Gasteiger partial charge in [-0.3, -0.25) is 4.90 Å². The van der Waals surface area contributed by atoms with Crippen LogP contribution >= 0.6 is 0 Å². The zero-order valence-electron chi connectivity index (χ0n) is 29.5. The normalized spacial score (nSPS) is 24.4. The van der Waals surface area contributed by atoms with Crippen LogP contribution in [0, 0.1) is 10.8 Å². The Labute approximate surface area is 238 Å². The predicted octanol–water partition coefficient (Wildman–Crippen LogP) is 5.83. The summed E-state index contributed by atoms with van der Waals surface area (Å²) in [6.45, 7) is 21.9. The Morgan fingerprint density at radius 2 is 1.51 bits per heavy atom. The summed E-state index contributed by atoms with van der Waals surface area (Å²) >= 11 is 0. The average molecular weight is 556 g/mol. The van der Waals surface area contributed by atoms with E-state index < -0.39 is 25.4 Å². The molecule has 0 aromatic carbocycles. The van der Waals surface area contributed by atoms with Gasteiger partial charge in [0.25, 0.3) is 0 Å². The zero-order chi connectivity index (χ0) is 33.7. The van der Waals surface area contributed by atoms with Crippen molar-refractivity contribution in [2.75, 3.05) is 26.3 Å². The Morgan fingerprint density at radius 1 is 0.897 bits per heavy atom. The molecule has 39 heavy (non-hydrogen) atoms. The Bertz CT molecular complexity index is 1230. The van der Waals surface area contributed by atoms with Gasteiger partial charge in [0, 0.05) is 29.1 Å².